The summed E-state index contributed by atoms with van der Waals surface area (Å²) in [6.07, 6.45) is 1.91. The van der Waals surface area contributed by atoms with E-state index in [1.165, 1.54) is 0 Å². The Morgan fingerprint density at radius 2 is 2.21 bits per heavy atom. The third-order valence-corrected chi connectivity index (χ3v) is 4.61. The van der Waals surface area contributed by atoms with Crippen molar-refractivity contribution in [2.75, 3.05) is 5.73 Å². The molecule has 0 saturated heterocycles. The Bertz CT molecular complexity index is 655. The predicted octanol–water partition coefficient (Wildman–Crippen LogP) is 4.29. The molecule has 2 heterocycles. The number of thiophene rings is 1. The minimum absolute atomic E-state index is 0.319. The number of halogens is 1. The van der Waals surface area contributed by atoms with Crippen LogP contribution < -0.4 is 5.73 Å². The van der Waals surface area contributed by atoms with Crippen molar-refractivity contribution in [3.63, 3.8) is 0 Å². The summed E-state index contributed by atoms with van der Waals surface area (Å²) in [4.78, 5) is 5.36. The molecule has 0 spiro atoms. The van der Waals surface area contributed by atoms with Crippen LogP contribution in [0.1, 0.15) is 30.2 Å². The van der Waals surface area contributed by atoms with Crippen LogP contribution in [0, 0.1) is 18.3 Å². The standard InChI is InChI=1S/C14H14BrN3S/c1-3-4-9-8(2)18-14(17)10(7-16)13(9)11-5-6-12(15)19-11/h5-6H,3-4H2,1-2H3,(H2,17,18). The van der Waals surface area contributed by atoms with E-state index in [-0.39, 0.29) is 0 Å². The number of pyridine rings is 1. The highest BCUT2D eigenvalue weighted by Gasteiger charge is 2.18. The Kier molecular flexibility index (Phi) is 4.23. The van der Waals surface area contributed by atoms with Crippen molar-refractivity contribution in [2.24, 2.45) is 0 Å². The molecule has 2 aromatic rings. The van der Waals surface area contributed by atoms with Gasteiger partial charge >= 0.3 is 0 Å². The molecule has 19 heavy (non-hydrogen) atoms. The summed E-state index contributed by atoms with van der Waals surface area (Å²) in [7, 11) is 0. The maximum atomic E-state index is 9.37. The molecule has 0 radical (unpaired) electrons. The van der Waals surface area contributed by atoms with E-state index in [4.69, 9.17) is 5.73 Å². The van der Waals surface area contributed by atoms with Gasteiger partial charge in [0.2, 0.25) is 0 Å². The van der Waals surface area contributed by atoms with Gasteiger partial charge in [-0.05, 0) is 47.0 Å². The first-order valence-corrected chi connectivity index (χ1v) is 7.64. The Morgan fingerprint density at radius 3 is 2.74 bits per heavy atom. The molecule has 0 aliphatic heterocycles. The van der Waals surface area contributed by atoms with Crippen molar-refractivity contribution >= 4 is 33.1 Å². The fourth-order valence-electron chi connectivity index (χ4n) is 2.15. The molecule has 98 valence electrons. The van der Waals surface area contributed by atoms with Gasteiger partial charge < -0.3 is 5.73 Å². The number of hydrogen-bond acceptors (Lipinski definition) is 4. The van der Waals surface area contributed by atoms with E-state index in [0.29, 0.717) is 11.4 Å². The molecule has 0 fully saturated rings. The van der Waals surface area contributed by atoms with E-state index in [9.17, 15) is 5.26 Å². The average molecular weight is 336 g/mol. The zero-order chi connectivity index (χ0) is 14.0. The van der Waals surface area contributed by atoms with Crippen LogP contribution in [0.3, 0.4) is 0 Å². The monoisotopic (exact) mass is 335 g/mol. The number of rotatable bonds is 3. The highest BCUT2D eigenvalue weighted by atomic mass is 79.9. The van der Waals surface area contributed by atoms with E-state index < -0.39 is 0 Å². The molecule has 0 aliphatic rings. The SMILES string of the molecule is CCCc1c(C)nc(N)c(C#N)c1-c1ccc(Br)s1. The summed E-state index contributed by atoms with van der Waals surface area (Å²) in [6.45, 7) is 4.07. The molecule has 0 aromatic carbocycles. The Hall–Kier alpha value is -1.38. The lowest BCUT2D eigenvalue weighted by Gasteiger charge is -2.13. The second-order valence-corrected chi connectivity index (χ2v) is 6.74. The number of hydrogen-bond donors (Lipinski definition) is 1. The van der Waals surface area contributed by atoms with Crippen LogP contribution in [0.5, 0.6) is 0 Å². The van der Waals surface area contributed by atoms with Crippen LogP contribution in [-0.2, 0) is 6.42 Å². The lowest BCUT2D eigenvalue weighted by molar-refractivity contribution is 0.901. The summed E-state index contributed by atoms with van der Waals surface area (Å²) in [6, 6.07) is 6.21. The van der Waals surface area contributed by atoms with Gasteiger partial charge in [0.25, 0.3) is 0 Å². The van der Waals surface area contributed by atoms with E-state index in [1.54, 1.807) is 11.3 Å². The van der Waals surface area contributed by atoms with Crippen molar-refractivity contribution in [1.82, 2.24) is 4.98 Å². The van der Waals surface area contributed by atoms with Crippen LogP contribution in [0.15, 0.2) is 15.9 Å². The largest absolute Gasteiger partial charge is 0.383 e. The normalized spacial score (nSPS) is 10.4. The van der Waals surface area contributed by atoms with Gasteiger partial charge in [-0.25, -0.2) is 4.98 Å². The highest BCUT2D eigenvalue weighted by Crippen LogP contribution is 2.38. The molecular formula is C14H14BrN3S. The summed E-state index contributed by atoms with van der Waals surface area (Å²) in [5.74, 6) is 0.319. The third kappa shape index (κ3) is 2.65. The number of nitrogens with two attached hydrogens (primary N) is 1. The Morgan fingerprint density at radius 1 is 1.47 bits per heavy atom. The first kappa shape index (κ1) is 14.0. The topological polar surface area (TPSA) is 62.7 Å². The minimum atomic E-state index is 0.319. The molecule has 0 unspecified atom stereocenters. The molecule has 2 N–H and O–H groups in total. The minimum Gasteiger partial charge on any atom is -0.383 e. The van der Waals surface area contributed by atoms with Crippen LogP contribution >= 0.6 is 27.3 Å². The van der Waals surface area contributed by atoms with Crippen LogP contribution in [0.2, 0.25) is 0 Å². The second kappa shape index (κ2) is 5.72. The first-order chi connectivity index (χ1) is 9.08. The van der Waals surface area contributed by atoms with Gasteiger partial charge in [-0.15, -0.1) is 11.3 Å². The van der Waals surface area contributed by atoms with Crippen molar-refractivity contribution in [2.45, 2.75) is 26.7 Å². The number of nitrogens with zero attached hydrogens (tertiary/aromatic N) is 2. The second-order valence-electron chi connectivity index (χ2n) is 4.28. The number of nitrogen functional groups attached to an aromatic ring is 1. The molecule has 0 bridgehead atoms. The van der Waals surface area contributed by atoms with E-state index in [2.05, 4.69) is 33.9 Å². The maximum absolute atomic E-state index is 9.37. The zero-order valence-corrected chi connectivity index (χ0v) is 13.2. The van der Waals surface area contributed by atoms with Gasteiger partial charge in [0.1, 0.15) is 17.5 Å². The summed E-state index contributed by atoms with van der Waals surface area (Å²) in [5.41, 5.74) is 9.38. The fraction of sp³-hybridized carbons (Fsp3) is 0.286. The van der Waals surface area contributed by atoms with Crippen LogP contribution in [0.25, 0.3) is 10.4 Å². The van der Waals surface area contributed by atoms with Gasteiger partial charge in [-0.2, -0.15) is 5.26 Å². The third-order valence-electron chi connectivity index (χ3n) is 2.96. The van der Waals surface area contributed by atoms with Crippen molar-refractivity contribution in [3.05, 3.63) is 32.7 Å². The van der Waals surface area contributed by atoms with Crippen LogP contribution in [0.4, 0.5) is 5.82 Å². The van der Waals surface area contributed by atoms with Gasteiger partial charge in [0, 0.05) is 16.1 Å². The average Bonchev–Trinajstić information content (AvgIpc) is 2.78. The molecule has 2 aromatic heterocycles. The maximum Gasteiger partial charge on any atom is 0.142 e. The van der Waals surface area contributed by atoms with E-state index in [1.807, 2.05) is 19.1 Å². The number of nitriles is 1. The van der Waals surface area contributed by atoms with Crippen LogP contribution in [-0.4, -0.2) is 4.98 Å². The van der Waals surface area contributed by atoms with Crippen molar-refractivity contribution < 1.29 is 0 Å². The fourth-order valence-corrected chi connectivity index (χ4v) is 3.62. The van der Waals surface area contributed by atoms with E-state index >= 15 is 0 Å². The van der Waals surface area contributed by atoms with Crippen molar-refractivity contribution in [1.29, 1.82) is 5.26 Å². The van der Waals surface area contributed by atoms with Crippen molar-refractivity contribution in [3.8, 4) is 16.5 Å². The smallest absolute Gasteiger partial charge is 0.142 e. The molecule has 2 rings (SSSR count). The summed E-state index contributed by atoms with van der Waals surface area (Å²) < 4.78 is 1.04. The Labute approximate surface area is 125 Å². The predicted molar refractivity (Wildman–Crippen MR) is 83.1 cm³/mol. The molecule has 0 atom stereocenters. The first-order valence-electron chi connectivity index (χ1n) is 6.03. The molecule has 0 saturated carbocycles. The van der Waals surface area contributed by atoms with Gasteiger partial charge in [0.15, 0.2) is 0 Å². The highest BCUT2D eigenvalue weighted by molar-refractivity contribution is 9.11. The molecule has 3 nitrogen and oxygen atoms in total. The van der Waals surface area contributed by atoms with E-state index in [0.717, 1.165) is 38.3 Å². The summed E-state index contributed by atoms with van der Waals surface area (Å²) >= 11 is 5.08. The Balaban J connectivity index is 2.77. The quantitative estimate of drug-likeness (QED) is 0.909. The molecule has 0 amide bonds. The summed E-state index contributed by atoms with van der Waals surface area (Å²) in [5, 5.41) is 9.37. The zero-order valence-electron chi connectivity index (χ0n) is 10.8. The van der Waals surface area contributed by atoms with Gasteiger partial charge in [-0.1, -0.05) is 13.3 Å². The molecule has 5 heteroatoms. The van der Waals surface area contributed by atoms with Gasteiger partial charge in [-0.3, -0.25) is 0 Å². The molecular weight excluding hydrogens is 322 g/mol. The van der Waals surface area contributed by atoms with Gasteiger partial charge in [0.05, 0.1) is 3.79 Å². The lowest BCUT2D eigenvalue weighted by Crippen LogP contribution is -2.04. The number of aromatic nitrogens is 1. The number of anilines is 1. The molecule has 0 aliphatic carbocycles. The lowest BCUT2D eigenvalue weighted by atomic mass is 9.96. The number of aryl methyl sites for hydroxylation is 1.